The summed E-state index contributed by atoms with van der Waals surface area (Å²) >= 11 is 0. The quantitative estimate of drug-likeness (QED) is 0.481. The van der Waals surface area contributed by atoms with E-state index in [-0.39, 0.29) is 11.3 Å². The van der Waals surface area contributed by atoms with E-state index < -0.39 is 21.0 Å². The van der Waals surface area contributed by atoms with E-state index in [1.807, 2.05) is 0 Å². The van der Waals surface area contributed by atoms with E-state index in [1.54, 1.807) is 0 Å². The summed E-state index contributed by atoms with van der Waals surface area (Å²) in [7, 11) is -4.34. The van der Waals surface area contributed by atoms with Crippen LogP contribution in [0, 0.1) is 0 Å². The van der Waals surface area contributed by atoms with Crippen LogP contribution in [0.15, 0.2) is 23.1 Å². The number of anilines is 1. The summed E-state index contributed by atoms with van der Waals surface area (Å²) in [6.07, 6.45) is 0. The Balaban J connectivity index is 3.34. The molecule has 0 saturated heterocycles. The molecule has 1 rings (SSSR count). The first kappa shape index (κ1) is 10.5. The van der Waals surface area contributed by atoms with Crippen LogP contribution in [0.5, 0.6) is 0 Å². The smallest absolute Gasteiger partial charge is 0.337 e. The molecule has 0 heterocycles. The number of aromatic carboxylic acids is 1. The minimum atomic E-state index is -4.34. The Morgan fingerprint density at radius 2 is 1.93 bits per heavy atom. The number of hydrogen-bond acceptors (Lipinski definition) is 4. The number of carboxylic acid groups (broad SMARTS) is 1. The lowest BCUT2D eigenvalue weighted by atomic mass is 10.2. The third-order valence-electron chi connectivity index (χ3n) is 1.55. The largest absolute Gasteiger partial charge is 0.478 e. The van der Waals surface area contributed by atoms with E-state index in [2.05, 4.69) is 0 Å². The molecule has 0 amide bonds. The fourth-order valence-corrected chi connectivity index (χ4v) is 1.41. The highest BCUT2D eigenvalue weighted by Gasteiger charge is 2.14. The van der Waals surface area contributed by atoms with Crippen LogP contribution in [0.3, 0.4) is 0 Å². The molecule has 0 fully saturated rings. The average Bonchev–Trinajstić information content (AvgIpc) is 2.01. The lowest BCUT2D eigenvalue weighted by molar-refractivity contribution is 0.0698. The predicted molar refractivity (Wildman–Crippen MR) is 47.6 cm³/mol. The monoisotopic (exact) mass is 217 g/mol. The second kappa shape index (κ2) is 3.28. The minimum absolute atomic E-state index is 0.211. The van der Waals surface area contributed by atoms with Crippen LogP contribution >= 0.6 is 0 Å². The van der Waals surface area contributed by atoms with Gasteiger partial charge in [-0.25, -0.2) is 4.79 Å². The number of benzene rings is 1. The van der Waals surface area contributed by atoms with E-state index in [1.165, 1.54) is 0 Å². The predicted octanol–water partition coefficient (Wildman–Crippen LogP) is 0.214. The molecule has 0 spiro atoms. The van der Waals surface area contributed by atoms with Crippen molar-refractivity contribution in [2.45, 2.75) is 4.90 Å². The molecule has 1 aromatic carbocycles. The van der Waals surface area contributed by atoms with Gasteiger partial charge in [0, 0.05) is 5.69 Å². The van der Waals surface area contributed by atoms with Gasteiger partial charge in [0.25, 0.3) is 10.1 Å². The summed E-state index contributed by atoms with van der Waals surface area (Å²) in [4.78, 5) is 10.1. The molecule has 0 aromatic heterocycles. The number of rotatable bonds is 2. The van der Waals surface area contributed by atoms with Gasteiger partial charge in [-0.2, -0.15) is 8.42 Å². The van der Waals surface area contributed by atoms with E-state index in [9.17, 15) is 13.2 Å². The molecule has 0 aliphatic rings. The highest BCUT2D eigenvalue weighted by atomic mass is 32.2. The second-order valence-electron chi connectivity index (χ2n) is 2.53. The topological polar surface area (TPSA) is 118 Å². The molecule has 14 heavy (non-hydrogen) atoms. The Morgan fingerprint density at radius 3 is 2.29 bits per heavy atom. The van der Waals surface area contributed by atoms with Crippen molar-refractivity contribution in [2.24, 2.45) is 0 Å². The number of carboxylic acids is 1. The SMILES string of the molecule is Nc1cc(S(=O)(=O)O)ccc1C(=O)O. The lowest BCUT2D eigenvalue weighted by Crippen LogP contribution is -2.05. The fourth-order valence-electron chi connectivity index (χ4n) is 0.896. The van der Waals surface area contributed by atoms with Crippen LogP contribution in [0.1, 0.15) is 10.4 Å². The van der Waals surface area contributed by atoms with Crippen molar-refractivity contribution in [3.8, 4) is 0 Å². The highest BCUT2D eigenvalue weighted by molar-refractivity contribution is 7.85. The zero-order chi connectivity index (χ0) is 10.9. The van der Waals surface area contributed by atoms with Crippen LogP contribution in [-0.2, 0) is 10.1 Å². The minimum Gasteiger partial charge on any atom is -0.478 e. The Kier molecular flexibility index (Phi) is 2.45. The van der Waals surface area contributed by atoms with Crippen molar-refractivity contribution in [3.63, 3.8) is 0 Å². The number of nitrogen functional groups attached to an aromatic ring is 1. The Bertz CT molecular complexity index is 479. The molecule has 6 nitrogen and oxygen atoms in total. The summed E-state index contributed by atoms with van der Waals surface area (Å²) in [6.45, 7) is 0. The van der Waals surface area contributed by atoms with E-state index in [0.29, 0.717) is 0 Å². The molecule has 0 radical (unpaired) electrons. The van der Waals surface area contributed by atoms with Gasteiger partial charge in [-0.05, 0) is 18.2 Å². The molecule has 0 saturated carbocycles. The zero-order valence-corrected chi connectivity index (χ0v) is 7.65. The Morgan fingerprint density at radius 1 is 1.36 bits per heavy atom. The van der Waals surface area contributed by atoms with Gasteiger partial charge in [-0.15, -0.1) is 0 Å². The van der Waals surface area contributed by atoms with Crippen LogP contribution in [0.4, 0.5) is 5.69 Å². The standard InChI is InChI=1S/C7H7NO5S/c8-6-3-4(14(11,12)13)1-2-5(6)7(9)10/h1-3H,8H2,(H,9,10)(H,11,12,13). The van der Waals surface area contributed by atoms with Gasteiger partial charge in [0.1, 0.15) is 0 Å². The highest BCUT2D eigenvalue weighted by Crippen LogP contribution is 2.17. The van der Waals surface area contributed by atoms with E-state index in [4.69, 9.17) is 15.4 Å². The summed E-state index contributed by atoms with van der Waals surface area (Å²) in [6, 6.07) is 2.87. The van der Waals surface area contributed by atoms with Crippen LogP contribution in [0.25, 0.3) is 0 Å². The maximum absolute atomic E-state index is 10.6. The van der Waals surface area contributed by atoms with Gasteiger partial charge in [0.05, 0.1) is 10.5 Å². The van der Waals surface area contributed by atoms with Crippen LogP contribution < -0.4 is 5.73 Å². The van der Waals surface area contributed by atoms with Crippen LogP contribution in [0.2, 0.25) is 0 Å². The number of hydrogen-bond donors (Lipinski definition) is 3. The van der Waals surface area contributed by atoms with Crippen molar-refractivity contribution in [2.75, 3.05) is 5.73 Å². The molecular weight excluding hydrogens is 210 g/mol. The molecule has 1 aromatic rings. The summed E-state index contributed by atoms with van der Waals surface area (Å²) in [5.74, 6) is -1.26. The zero-order valence-electron chi connectivity index (χ0n) is 6.84. The van der Waals surface area contributed by atoms with Crippen LogP contribution in [-0.4, -0.2) is 24.0 Å². The normalized spacial score (nSPS) is 11.2. The van der Waals surface area contributed by atoms with Crippen molar-refractivity contribution in [1.29, 1.82) is 0 Å². The van der Waals surface area contributed by atoms with Crippen molar-refractivity contribution in [1.82, 2.24) is 0 Å². The maximum atomic E-state index is 10.6. The van der Waals surface area contributed by atoms with Gasteiger partial charge < -0.3 is 10.8 Å². The van der Waals surface area contributed by atoms with Gasteiger partial charge in [0.2, 0.25) is 0 Å². The van der Waals surface area contributed by atoms with Gasteiger partial charge in [0.15, 0.2) is 0 Å². The first-order chi connectivity index (χ1) is 6.32. The number of carbonyl (C=O) groups is 1. The molecule has 76 valence electrons. The van der Waals surface area contributed by atoms with Gasteiger partial charge in [-0.3, -0.25) is 4.55 Å². The molecule has 0 atom stereocenters. The van der Waals surface area contributed by atoms with Gasteiger partial charge in [-0.1, -0.05) is 0 Å². The molecule has 0 aliphatic heterocycles. The first-order valence-electron chi connectivity index (χ1n) is 3.42. The lowest BCUT2D eigenvalue weighted by Gasteiger charge is -2.02. The Labute approximate surface area is 79.7 Å². The summed E-state index contributed by atoms with van der Waals surface area (Å²) < 4.78 is 29.8. The second-order valence-corrected chi connectivity index (χ2v) is 3.95. The Hall–Kier alpha value is -1.60. The third kappa shape index (κ3) is 2.01. The molecule has 4 N–H and O–H groups in total. The van der Waals surface area contributed by atoms with E-state index in [0.717, 1.165) is 18.2 Å². The maximum Gasteiger partial charge on any atom is 0.337 e. The molecule has 7 heteroatoms. The average molecular weight is 217 g/mol. The van der Waals surface area contributed by atoms with Crippen molar-refractivity contribution >= 4 is 21.8 Å². The number of nitrogens with two attached hydrogens (primary N) is 1. The molecule has 0 bridgehead atoms. The first-order valence-corrected chi connectivity index (χ1v) is 4.86. The molecular formula is C7H7NO5S. The van der Waals surface area contributed by atoms with E-state index >= 15 is 0 Å². The van der Waals surface area contributed by atoms with Crippen molar-refractivity contribution < 1.29 is 22.9 Å². The molecule has 0 aliphatic carbocycles. The summed E-state index contributed by atoms with van der Waals surface area (Å²) in [5.41, 5.74) is 4.84. The summed E-state index contributed by atoms with van der Waals surface area (Å²) in [5, 5.41) is 8.57. The fraction of sp³-hybridized carbons (Fsp3) is 0. The van der Waals surface area contributed by atoms with Gasteiger partial charge >= 0.3 is 5.97 Å². The third-order valence-corrected chi connectivity index (χ3v) is 2.40. The van der Waals surface area contributed by atoms with Crippen molar-refractivity contribution in [3.05, 3.63) is 23.8 Å². The molecule has 0 unspecified atom stereocenters.